The summed E-state index contributed by atoms with van der Waals surface area (Å²) in [5.41, 5.74) is 0.539. The van der Waals surface area contributed by atoms with E-state index in [0.717, 1.165) is 6.42 Å². The molecular weight excluding hydrogens is 272 g/mol. The van der Waals surface area contributed by atoms with Crippen molar-refractivity contribution in [2.75, 3.05) is 19.7 Å². The molecular formula is C13H16N6O2. The van der Waals surface area contributed by atoms with E-state index < -0.39 is 5.91 Å². The van der Waals surface area contributed by atoms with Crippen LogP contribution in [0.2, 0.25) is 0 Å². The standard InChI is InChI=1S/C13H16N6O2/c1-2-7-19(8-9-20)13(21)12-17-15-11(16-18-12)10-5-3-4-6-14-10/h3-6,20H,2,7-9H2,1H3. The second kappa shape index (κ2) is 7.34. The van der Waals surface area contributed by atoms with E-state index in [1.807, 2.05) is 6.92 Å². The molecule has 21 heavy (non-hydrogen) atoms. The van der Waals surface area contributed by atoms with Gasteiger partial charge in [0.05, 0.1) is 6.61 Å². The number of rotatable bonds is 6. The normalized spacial score (nSPS) is 10.4. The number of carbonyl (C=O) groups excluding carboxylic acids is 1. The Balaban J connectivity index is 2.16. The third kappa shape index (κ3) is 3.76. The molecule has 0 spiro atoms. The van der Waals surface area contributed by atoms with Crippen molar-refractivity contribution < 1.29 is 9.90 Å². The molecule has 110 valence electrons. The van der Waals surface area contributed by atoms with Gasteiger partial charge in [0, 0.05) is 19.3 Å². The molecule has 2 heterocycles. The van der Waals surface area contributed by atoms with Gasteiger partial charge in [-0.3, -0.25) is 9.78 Å². The predicted molar refractivity (Wildman–Crippen MR) is 74.1 cm³/mol. The molecule has 0 unspecified atom stereocenters. The highest BCUT2D eigenvalue weighted by atomic mass is 16.3. The van der Waals surface area contributed by atoms with E-state index in [4.69, 9.17) is 5.11 Å². The van der Waals surface area contributed by atoms with Crippen molar-refractivity contribution in [3.8, 4) is 11.5 Å². The second-order valence-electron chi connectivity index (χ2n) is 4.28. The number of amides is 1. The van der Waals surface area contributed by atoms with Crippen LogP contribution in [-0.4, -0.2) is 61.0 Å². The quantitative estimate of drug-likeness (QED) is 0.807. The number of aromatic nitrogens is 5. The molecule has 2 aromatic heterocycles. The van der Waals surface area contributed by atoms with Crippen molar-refractivity contribution in [3.05, 3.63) is 30.2 Å². The van der Waals surface area contributed by atoms with Gasteiger partial charge in [-0.25, -0.2) is 0 Å². The lowest BCUT2D eigenvalue weighted by Crippen LogP contribution is -2.35. The Morgan fingerprint density at radius 3 is 2.52 bits per heavy atom. The first-order valence-corrected chi connectivity index (χ1v) is 6.65. The number of hydrogen-bond donors (Lipinski definition) is 1. The minimum Gasteiger partial charge on any atom is -0.395 e. The summed E-state index contributed by atoms with van der Waals surface area (Å²) in [5, 5.41) is 24.3. The van der Waals surface area contributed by atoms with Gasteiger partial charge in [-0.2, -0.15) is 0 Å². The van der Waals surface area contributed by atoms with E-state index in [0.29, 0.717) is 12.2 Å². The van der Waals surface area contributed by atoms with E-state index in [9.17, 15) is 4.79 Å². The lowest BCUT2D eigenvalue weighted by molar-refractivity contribution is 0.0706. The highest BCUT2D eigenvalue weighted by molar-refractivity contribution is 5.90. The van der Waals surface area contributed by atoms with Gasteiger partial charge < -0.3 is 10.0 Å². The number of aliphatic hydroxyl groups is 1. The number of aliphatic hydroxyl groups excluding tert-OH is 1. The Morgan fingerprint density at radius 1 is 1.19 bits per heavy atom. The Morgan fingerprint density at radius 2 is 1.95 bits per heavy atom. The van der Waals surface area contributed by atoms with Crippen LogP contribution in [0.4, 0.5) is 0 Å². The minimum absolute atomic E-state index is 0.0865. The Labute approximate surface area is 121 Å². The van der Waals surface area contributed by atoms with Crippen LogP contribution in [-0.2, 0) is 0 Å². The van der Waals surface area contributed by atoms with Crippen LogP contribution in [0.3, 0.4) is 0 Å². The summed E-state index contributed by atoms with van der Waals surface area (Å²) in [7, 11) is 0. The fourth-order valence-corrected chi connectivity index (χ4v) is 1.76. The van der Waals surface area contributed by atoms with Gasteiger partial charge in [0.25, 0.3) is 11.7 Å². The lowest BCUT2D eigenvalue weighted by Gasteiger charge is -2.19. The summed E-state index contributed by atoms with van der Waals surface area (Å²) in [4.78, 5) is 17.7. The van der Waals surface area contributed by atoms with Crippen molar-refractivity contribution in [1.82, 2.24) is 30.3 Å². The molecule has 0 saturated carbocycles. The van der Waals surface area contributed by atoms with E-state index in [2.05, 4.69) is 25.4 Å². The van der Waals surface area contributed by atoms with Gasteiger partial charge in [0.15, 0.2) is 0 Å². The van der Waals surface area contributed by atoms with Crippen LogP contribution >= 0.6 is 0 Å². The largest absolute Gasteiger partial charge is 0.395 e. The Kier molecular flexibility index (Phi) is 5.22. The van der Waals surface area contributed by atoms with Crippen LogP contribution in [0.5, 0.6) is 0 Å². The van der Waals surface area contributed by atoms with Crippen molar-refractivity contribution in [1.29, 1.82) is 0 Å². The van der Waals surface area contributed by atoms with Crippen LogP contribution < -0.4 is 0 Å². The van der Waals surface area contributed by atoms with Gasteiger partial charge >= 0.3 is 0 Å². The molecule has 2 aromatic rings. The zero-order chi connectivity index (χ0) is 15.1. The molecule has 0 atom stereocenters. The fraction of sp³-hybridized carbons (Fsp3) is 0.385. The van der Waals surface area contributed by atoms with E-state index in [-0.39, 0.29) is 24.8 Å². The third-order valence-electron chi connectivity index (χ3n) is 2.71. The number of pyridine rings is 1. The van der Waals surface area contributed by atoms with Crippen LogP contribution in [0.15, 0.2) is 24.4 Å². The van der Waals surface area contributed by atoms with E-state index in [1.165, 1.54) is 4.90 Å². The van der Waals surface area contributed by atoms with Crippen molar-refractivity contribution >= 4 is 5.91 Å². The second-order valence-corrected chi connectivity index (χ2v) is 4.28. The number of nitrogens with zero attached hydrogens (tertiary/aromatic N) is 6. The molecule has 0 fully saturated rings. The maximum Gasteiger partial charge on any atom is 0.295 e. The van der Waals surface area contributed by atoms with Crippen LogP contribution in [0.25, 0.3) is 11.5 Å². The molecule has 8 nitrogen and oxygen atoms in total. The molecule has 1 amide bonds. The average Bonchev–Trinajstić information content (AvgIpc) is 2.55. The summed E-state index contributed by atoms with van der Waals surface area (Å²) >= 11 is 0. The highest BCUT2D eigenvalue weighted by Crippen LogP contribution is 2.08. The molecule has 0 aliphatic rings. The Hall–Kier alpha value is -2.48. The smallest absolute Gasteiger partial charge is 0.295 e. The maximum atomic E-state index is 12.2. The molecule has 2 rings (SSSR count). The monoisotopic (exact) mass is 288 g/mol. The summed E-state index contributed by atoms with van der Waals surface area (Å²) in [5.74, 6) is -0.216. The topological polar surface area (TPSA) is 105 Å². The fourth-order valence-electron chi connectivity index (χ4n) is 1.76. The predicted octanol–water partition coefficient (Wildman–Crippen LogP) is 0.173. The summed E-state index contributed by atoms with van der Waals surface area (Å²) in [6, 6.07) is 5.31. The van der Waals surface area contributed by atoms with E-state index in [1.54, 1.807) is 24.4 Å². The average molecular weight is 288 g/mol. The zero-order valence-electron chi connectivity index (χ0n) is 11.7. The molecule has 0 aromatic carbocycles. The SMILES string of the molecule is CCCN(CCO)C(=O)c1nnc(-c2ccccn2)nn1. The summed E-state index contributed by atoms with van der Waals surface area (Å²) < 4.78 is 0. The third-order valence-corrected chi connectivity index (χ3v) is 2.71. The number of carbonyl (C=O) groups is 1. The summed E-state index contributed by atoms with van der Waals surface area (Å²) in [6.07, 6.45) is 2.39. The molecule has 0 radical (unpaired) electrons. The Bertz CT molecular complexity index is 569. The molecule has 0 bridgehead atoms. The van der Waals surface area contributed by atoms with Crippen molar-refractivity contribution in [2.24, 2.45) is 0 Å². The van der Waals surface area contributed by atoms with Gasteiger partial charge in [-0.05, 0) is 18.6 Å². The summed E-state index contributed by atoms with van der Waals surface area (Å²) in [6.45, 7) is 2.58. The molecule has 0 aliphatic carbocycles. The van der Waals surface area contributed by atoms with Gasteiger partial charge in [-0.1, -0.05) is 13.0 Å². The molecule has 0 aliphatic heterocycles. The van der Waals surface area contributed by atoms with Gasteiger partial charge in [0.1, 0.15) is 5.69 Å². The minimum atomic E-state index is -0.390. The maximum absolute atomic E-state index is 12.2. The molecule has 0 saturated heterocycles. The lowest BCUT2D eigenvalue weighted by atomic mass is 10.3. The first-order valence-electron chi connectivity index (χ1n) is 6.65. The van der Waals surface area contributed by atoms with Gasteiger partial charge in [-0.15, -0.1) is 20.4 Å². The van der Waals surface area contributed by atoms with Crippen LogP contribution in [0, 0.1) is 0 Å². The number of hydrogen-bond acceptors (Lipinski definition) is 7. The van der Waals surface area contributed by atoms with Crippen molar-refractivity contribution in [3.63, 3.8) is 0 Å². The zero-order valence-corrected chi connectivity index (χ0v) is 11.7. The van der Waals surface area contributed by atoms with Gasteiger partial charge in [0.2, 0.25) is 5.82 Å². The van der Waals surface area contributed by atoms with E-state index >= 15 is 0 Å². The first kappa shape index (κ1) is 14.9. The highest BCUT2D eigenvalue weighted by Gasteiger charge is 2.19. The molecule has 8 heteroatoms. The van der Waals surface area contributed by atoms with Crippen molar-refractivity contribution in [2.45, 2.75) is 13.3 Å². The molecule has 1 N–H and O–H groups in total. The van der Waals surface area contributed by atoms with Crippen LogP contribution in [0.1, 0.15) is 24.0 Å². The first-order chi connectivity index (χ1) is 10.3.